The summed E-state index contributed by atoms with van der Waals surface area (Å²) in [7, 11) is 0. The number of halogens is 3. The molecule has 2 heterocycles. The fraction of sp³-hybridized carbons (Fsp3) is 0.357. The summed E-state index contributed by atoms with van der Waals surface area (Å²) in [4.78, 5) is 16.1. The van der Waals surface area contributed by atoms with Crippen molar-refractivity contribution in [1.82, 2.24) is 20.1 Å². The maximum atomic E-state index is 12.9. The fourth-order valence-electron chi connectivity index (χ4n) is 2.19. The van der Waals surface area contributed by atoms with E-state index in [1.165, 1.54) is 10.9 Å². The van der Waals surface area contributed by atoms with E-state index >= 15 is 0 Å². The second-order valence-corrected chi connectivity index (χ2v) is 5.32. The van der Waals surface area contributed by atoms with Crippen LogP contribution in [0.4, 0.5) is 13.2 Å². The van der Waals surface area contributed by atoms with Crippen LogP contribution in [0.2, 0.25) is 0 Å². The number of amides is 1. The third-order valence-corrected chi connectivity index (χ3v) is 3.70. The van der Waals surface area contributed by atoms with Crippen LogP contribution in [0.15, 0.2) is 30.7 Å². The highest BCUT2D eigenvalue weighted by Crippen LogP contribution is 2.49. The van der Waals surface area contributed by atoms with Gasteiger partial charge in [-0.1, -0.05) is 0 Å². The molecule has 2 aromatic heterocycles. The second kappa shape index (κ2) is 4.82. The zero-order valence-electron chi connectivity index (χ0n) is 11.7. The smallest absolute Gasteiger partial charge is 0.338 e. The first-order chi connectivity index (χ1) is 10.3. The van der Waals surface area contributed by atoms with Crippen molar-refractivity contribution in [3.63, 3.8) is 0 Å². The molecular weight excluding hydrogens is 297 g/mol. The lowest BCUT2D eigenvalue weighted by atomic mass is 10.2. The summed E-state index contributed by atoms with van der Waals surface area (Å²) < 4.78 is 40.1. The summed E-state index contributed by atoms with van der Waals surface area (Å²) in [6, 6.07) is 3.44. The number of alkyl halides is 3. The molecule has 0 aliphatic heterocycles. The molecule has 22 heavy (non-hydrogen) atoms. The van der Waals surface area contributed by atoms with Gasteiger partial charge in [0.25, 0.3) is 5.91 Å². The van der Waals surface area contributed by atoms with Crippen molar-refractivity contribution < 1.29 is 18.0 Å². The van der Waals surface area contributed by atoms with E-state index in [1.54, 1.807) is 31.5 Å². The van der Waals surface area contributed by atoms with Crippen LogP contribution in [0.5, 0.6) is 0 Å². The molecule has 0 unspecified atom stereocenters. The minimum atomic E-state index is -4.43. The Balaban J connectivity index is 1.84. The monoisotopic (exact) mass is 310 g/mol. The van der Waals surface area contributed by atoms with Crippen molar-refractivity contribution in [1.29, 1.82) is 0 Å². The Morgan fingerprint density at radius 2 is 2.14 bits per heavy atom. The number of aromatic nitrogens is 3. The van der Waals surface area contributed by atoms with Crippen molar-refractivity contribution in [3.8, 4) is 5.69 Å². The van der Waals surface area contributed by atoms with Crippen molar-refractivity contribution in [3.05, 3.63) is 42.0 Å². The number of nitrogens with one attached hydrogen (secondary N) is 1. The van der Waals surface area contributed by atoms with Crippen LogP contribution in [-0.4, -0.2) is 32.4 Å². The first kappa shape index (κ1) is 14.6. The van der Waals surface area contributed by atoms with Gasteiger partial charge in [0.2, 0.25) is 0 Å². The highest BCUT2D eigenvalue weighted by molar-refractivity contribution is 5.96. The molecule has 1 amide bonds. The molecule has 0 saturated heterocycles. The topological polar surface area (TPSA) is 59.8 Å². The minimum Gasteiger partial charge on any atom is -0.338 e. The molecule has 0 spiro atoms. The Hall–Kier alpha value is -2.38. The van der Waals surface area contributed by atoms with Crippen molar-refractivity contribution in [2.45, 2.75) is 31.5 Å². The number of carbonyl (C=O) groups excluding carboxylic acids is 1. The van der Waals surface area contributed by atoms with Gasteiger partial charge in [0.15, 0.2) is 0 Å². The third-order valence-electron chi connectivity index (χ3n) is 3.70. The van der Waals surface area contributed by atoms with Crippen LogP contribution in [0, 0.1) is 6.92 Å². The molecule has 0 radical (unpaired) electrons. The Morgan fingerprint density at radius 1 is 1.41 bits per heavy atom. The molecule has 1 aliphatic rings. The quantitative estimate of drug-likeness (QED) is 0.947. The Labute approximate surface area is 124 Å². The first-order valence-corrected chi connectivity index (χ1v) is 6.68. The fourth-order valence-corrected chi connectivity index (χ4v) is 2.19. The van der Waals surface area contributed by atoms with E-state index in [0.717, 1.165) is 0 Å². The number of pyridine rings is 1. The zero-order chi connectivity index (χ0) is 16.0. The Kier molecular flexibility index (Phi) is 3.19. The van der Waals surface area contributed by atoms with Crippen LogP contribution < -0.4 is 5.32 Å². The van der Waals surface area contributed by atoms with Crippen molar-refractivity contribution in [2.75, 3.05) is 0 Å². The lowest BCUT2D eigenvalue weighted by Gasteiger charge is -2.20. The van der Waals surface area contributed by atoms with Crippen LogP contribution in [0.3, 0.4) is 0 Å². The second-order valence-electron chi connectivity index (χ2n) is 5.32. The van der Waals surface area contributed by atoms with Crippen LogP contribution in [0.1, 0.15) is 28.9 Å². The number of aryl methyl sites for hydroxylation is 1. The molecule has 8 heteroatoms. The molecule has 0 atom stereocenters. The van der Waals surface area contributed by atoms with Gasteiger partial charge in [-0.05, 0) is 31.9 Å². The number of nitrogens with zero attached hydrogens (tertiary/aromatic N) is 3. The number of rotatable bonds is 3. The summed E-state index contributed by atoms with van der Waals surface area (Å²) in [5.41, 5.74) is -0.965. The summed E-state index contributed by atoms with van der Waals surface area (Å²) in [5, 5.41) is 6.25. The van der Waals surface area contributed by atoms with E-state index in [-0.39, 0.29) is 18.4 Å². The lowest BCUT2D eigenvalue weighted by molar-refractivity contribution is -0.163. The summed E-state index contributed by atoms with van der Waals surface area (Å²) in [6.45, 7) is 1.58. The predicted molar refractivity (Wildman–Crippen MR) is 71.6 cm³/mol. The normalized spacial score (nSPS) is 16.4. The minimum absolute atomic E-state index is 0.0853. The van der Waals surface area contributed by atoms with E-state index in [1.807, 2.05) is 0 Å². The summed E-state index contributed by atoms with van der Waals surface area (Å²) >= 11 is 0. The Morgan fingerprint density at radius 3 is 2.68 bits per heavy atom. The highest BCUT2D eigenvalue weighted by Gasteiger charge is 2.64. The average Bonchev–Trinajstić information content (AvgIpc) is 3.15. The largest absolute Gasteiger partial charge is 0.411 e. The summed E-state index contributed by atoms with van der Waals surface area (Å²) in [5.74, 6) is -0.762. The van der Waals surface area contributed by atoms with Crippen LogP contribution >= 0.6 is 0 Å². The molecule has 0 bridgehead atoms. The molecule has 1 saturated carbocycles. The van der Waals surface area contributed by atoms with E-state index in [2.05, 4.69) is 15.4 Å². The van der Waals surface area contributed by atoms with E-state index in [4.69, 9.17) is 0 Å². The molecule has 2 aromatic rings. The molecule has 1 N–H and O–H groups in total. The van der Waals surface area contributed by atoms with Gasteiger partial charge in [-0.25, -0.2) is 4.68 Å². The molecule has 3 rings (SSSR count). The molecule has 1 fully saturated rings. The third kappa shape index (κ3) is 2.44. The maximum Gasteiger partial charge on any atom is 0.411 e. The predicted octanol–water partition coefficient (Wildman–Crippen LogP) is 2.40. The van der Waals surface area contributed by atoms with Gasteiger partial charge in [0.1, 0.15) is 5.54 Å². The van der Waals surface area contributed by atoms with Gasteiger partial charge in [0, 0.05) is 12.4 Å². The van der Waals surface area contributed by atoms with Gasteiger partial charge in [-0.2, -0.15) is 18.3 Å². The van der Waals surface area contributed by atoms with Gasteiger partial charge >= 0.3 is 6.18 Å². The van der Waals surface area contributed by atoms with Gasteiger partial charge in [-0.15, -0.1) is 0 Å². The first-order valence-electron chi connectivity index (χ1n) is 6.68. The molecular formula is C14H13F3N4O. The zero-order valence-corrected chi connectivity index (χ0v) is 11.7. The summed E-state index contributed by atoms with van der Waals surface area (Å²) in [6.07, 6.45) is -0.0556. The van der Waals surface area contributed by atoms with Crippen LogP contribution in [0.25, 0.3) is 5.69 Å². The van der Waals surface area contributed by atoms with Crippen molar-refractivity contribution >= 4 is 5.91 Å². The average molecular weight is 310 g/mol. The molecule has 5 nitrogen and oxygen atoms in total. The molecule has 116 valence electrons. The number of carbonyl (C=O) groups is 1. The van der Waals surface area contributed by atoms with E-state index < -0.39 is 17.6 Å². The van der Waals surface area contributed by atoms with Gasteiger partial charge in [-0.3, -0.25) is 9.78 Å². The van der Waals surface area contributed by atoms with Crippen molar-refractivity contribution in [2.24, 2.45) is 0 Å². The standard InChI is InChI=1S/C14H13F3N4O/c1-9-11(8-21(20-9)10-3-2-6-18-7-10)12(22)19-13(4-5-13)14(15,16)17/h2-3,6-8H,4-5H2,1H3,(H,19,22). The number of hydrogen-bond donors (Lipinski definition) is 1. The van der Waals surface area contributed by atoms with E-state index in [9.17, 15) is 18.0 Å². The van der Waals surface area contributed by atoms with E-state index in [0.29, 0.717) is 11.4 Å². The SMILES string of the molecule is Cc1nn(-c2cccnc2)cc1C(=O)NC1(C(F)(F)F)CC1. The van der Waals surface area contributed by atoms with Crippen LogP contribution in [-0.2, 0) is 0 Å². The highest BCUT2D eigenvalue weighted by atomic mass is 19.4. The number of hydrogen-bond acceptors (Lipinski definition) is 3. The van der Waals surface area contributed by atoms with Gasteiger partial charge in [0.05, 0.1) is 23.1 Å². The van der Waals surface area contributed by atoms with Gasteiger partial charge < -0.3 is 5.32 Å². The maximum absolute atomic E-state index is 12.9. The lowest BCUT2D eigenvalue weighted by Crippen LogP contribution is -2.47. The molecule has 1 aliphatic carbocycles. The Bertz CT molecular complexity index is 705. The molecule has 0 aromatic carbocycles.